The Kier molecular flexibility index (Phi) is 2.25. The summed E-state index contributed by atoms with van der Waals surface area (Å²) in [6.45, 7) is 0. The first-order valence-corrected chi connectivity index (χ1v) is 5.05. The Hall–Kier alpha value is -0.990. The third kappa shape index (κ3) is 1.69. The molecule has 0 fully saturated rings. The van der Waals surface area contributed by atoms with Crippen LogP contribution in [0.2, 0.25) is 5.02 Å². The molecule has 0 aliphatic heterocycles. The maximum Gasteiger partial charge on any atom is 0.124 e. The topological polar surface area (TPSA) is 20.2 Å². The molecule has 0 aliphatic carbocycles. The Bertz CT molecular complexity index is 422. The largest absolute Gasteiger partial charge is 0.507 e. The van der Waals surface area contributed by atoms with Crippen molar-refractivity contribution >= 4 is 22.9 Å². The van der Waals surface area contributed by atoms with Gasteiger partial charge in [0.2, 0.25) is 0 Å². The van der Waals surface area contributed by atoms with Crippen LogP contribution in [-0.4, -0.2) is 5.11 Å². The molecule has 1 heterocycles. The van der Waals surface area contributed by atoms with E-state index in [1.54, 1.807) is 12.1 Å². The molecule has 0 radical (unpaired) electrons. The fourth-order valence-electron chi connectivity index (χ4n) is 1.14. The molecule has 0 unspecified atom stereocenters. The lowest BCUT2D eigenvalue weighted by Crippen LogP contribution is -1.72. The number of hydrogen-bond acceptors (Lipinski definition) is 2. The summed E-state index contributed by atoms with van der Waals surface area (Å²) in [7, 11) is 0. The first-order chi connectivity index (χ1) is 6.27. The van der Waals surface area contributed by atoms with E-state index >= 15 is 0 Å². The summed E-state index contributed by atoms with van der Waals surface area (Å²) in [5, 5.41) is 12.1. The highest BCUT2D eigenvalue weighted by atomic mass is 35.5. The minimum Gasteiger partial charge on any atom is -0.507 e. The van der Waals surface area contributed by atoms with Crippen molar-refractivity contribution in [2.75, 3.05) is 0 Å². The van der Waals surface area contributed by atoms with E-state index < -0.39 is 0 Å². The molecule has 3 heteroatoms. The number of para-hydroxylation sites is 1. The van der Waals surface area contributed by atoms with E-state index in [0.29, 0.717) is 10.8 Å². The lowest BCUT2D eigenvalue weighted by molar-refractivity contribution is 0.477. The smallest absolute Gasteiger partial charge is 0.124 e. The Morgan fingerprint density at radius 3 is 2.62 bits per heavy atom. The van der Waals surface area contributed by atoms with Crippen LogP contribution in [0.15, 0.2) is 35.7 Å². The maximum atomic E-state index is 9.54. The van der Waals surface area contributed by atoms with Crippen molar-refractivity contribution < 1.29 is 5.11 Å². The van der Waals surface area contributed by atoms with Gasteiger partial charge in [-0.15, -0.1) is 11.3 Å². The molecule has 0 atom stereocenters. The van der Waals surface area contributed by atoms with Gasteiger partial charge in [0.05, 0.1) is 5.02 Å². The van der Waals surface area contributed by atoms with Crippen molar-refractivity contribution in [2.24, 2.45) is 0 Å². The van der Waals surface area contributed by atoms with Gasteiger partial charge in [-0.25, -0.2) is 0 Å². The second-order valence-corrected chi connectivity index (χ2v) is 3.99. The second-order valence-electron chi connectivity index (χ2n) is 2.65. The van der Waals surface area contributed by atoms with Crippen LogP contribution in [-0.2, 0) is 0 Å². The van der Waals surface area contributed by atoms with E-state index in [0.717, 1.165) is 10.4 Å². The van der Waals surface area contributed by atoms with Crippen LogP contribution in [0.1, 0.15) is 0 Å². The number of hydrogen-bond donors (Lipinski definition) is 1. The lowest BCUT2D eigenvalue weighted by Gasteiger charge is -1.99. The van der Waals surface area contributed by atoms with E-state index in [-0.39, 0.29) is 0 Å². The zero-order chi connectivity index (χ0) is 9.26. The number of rotatable bonds is 1. The number of phenols is 1. The number of benzene rings is 1. The van der Waals surface area contributed by atoms with Gasteiger partial charge >= 0.3 is 0 Å². The van der Waals surface area contributed by atoms with Gasteiger partial charge in [-0.2, -0.15) is 0 Å². The molecular weight excluding hydrogens is 204 g/mol. The normalized spacial score (nSPS) is 10.2. The average Bonchev–Trinajstić information content (AvgIpc) is 2.53. The first-order valence-electron chi connectivity index (χ1n) is 3.80. The minimum atomic E-state index is 0.293. The molecule has 2 aromatic rings. The monoisotopic (exact) mass is 210 g/mol. The highest BCUT2D eigenvalue weighted by Gasteiger charge is 2.04. The predicted octanol–water partition coefficient (Wildman–Crippen LogP) is 3.77. The van der Waals surface area contributed by atoms with Crippen molar-refractivity contribution in [3.8, 4) is 16.2 Å². The van der Waals surface area contributed by atoms with E-state index in [9.17, 15) is 5.11 Å². The predicted molar refractivity (Wildman–Crippen MR) is 56.4 cm³/mol. The van der Waals surface area contributed by atoms with Gasteiger partial charge in [-0.05, 0) is 18.2 Å². The summed E-state index contributed by atoms with van der Waals surface area (Å²) in [5.74, 6) is 0.293. The molecule has 0 saturated carbocycles. The molecule has 66 valence electrons. The molecular formula is C10H7ClOS. The van der Waals surface area contributed by atoms with E-state index in [2.05, 4.69) is 0 Å². The third-order valence-electron chi connectivity index (χ3n) is 1.74. The maximum absolute atomic E-state index is 9.54. The fourth-order valence-corrected chi connectivity index (χ4v) is 2.25. The summed E-state index contributed by atoms with van der Waals surface area (Å²) in [6, 6.07) is 9.08. The fraction of sp³-hybridized carbons (Fsp3) is 0. The molecule has 0 amide bonds. The molecule has 1 nitrogen and oxygen atoms in total. The number of thiophene rings is 1. The Morgan fingerprint density at radius 1 is 1.23 bits per heavy atom. The molecule has 0 spiro atoms. The summed E-state index contributed by atoms with van der Waals surface area (Å²) < 4.78 is 0. The van der Waals surface area contributed by atoms with Crippen molar-refractivity contribution in [3.63, 3.8) is 0 Å². The summed E-state index contributed by atoms with van der Waals surface area (Å²) in [5.41, 5.74) is 0.833. The SMILES string of the molecule is Oc1ccccc1-c1cc(Cl)cs1. The van der Waals surface area contributed by atoms with E-state index in [1.165, 1.54) is 11.3 Å². The third-order valence-corrected chi connectivity index (χ3v) is 3.05. The molecule has 1 aromatic heterocycles. The van der Waals surface area contributed by atoms with Gasteiger partial charge in [0.25, 0.3) is 0 Å². The van der Waals surface area contributed by atoms with E-state index in [1.807, 2.05) is 23.6 Å². The van der Waals surface area contributed by atoms with Crippen LogP contribution in [0.5, 0.6) is 5.75 Å². The van der Waals surface area contributed by atoms with Gasteiger partial charge in [0, 0.05) is 15.8 Å². The summed E-state index contributed by atoms with van der Waals surface area (Å²) in [4.78, 5) is 0.989. The number of phenolic OH excluding ortho intramolecular Hbond substituents is 1. The van der Waals surface area contributed by atoms with Crippen LogP contribution in [0.3, 0.4) is 0 Å². The molecule has 0 aliphatic rings. The average molecular weight is 211 g/mol. The number of halogens is 1. The standard InChI is InChI=1S/C10H7ClOS/c11-7-5-10(13-6-7)8-3-1-2-4-9(8)12/h1-6,12H. The van der Waals surface area contributed by atoms with Gasteiger partial charge in [-0.1, -0.05) is 23.7 Å². The Balaban J connectivity index is 2.52. The van der Waals surface area contributed by atoms with Gasteiger partial charge in [-0.3, -0.25) is 0 Å². The summed E-state index contributed by atoms with van der Waals surface area (Å²) >= 11 is 7.32. The van der Waals surface area contributed by atoms with Crippen molar-refractivity contribution in [1.82, 2.24) is 0 Å². The molecule has 0 bridgehead atoms. The Morgan fingerprint density at radius 2 is 2.00 bits per heavy atom. The molecule has 0 saturated heterocycles. The zero-order valence-corrected chi connectivity index (χ0v) is 8.27. The van der Waals surface area contributed by atoms with Gasteiger partial charge in [0.15, 0.2) is 0 Å². The first kappa shape index (κ1) is 8.60. The van der Waals surface area contributed by atoms with Gasteiger partial charge < -0.3 is 5.11 Å². The quantitative estimate of drug-likeness (QED) is 0.760. The van der Waals surface area contributed by atoms with Gasteiger partial charge in [0.1, 0.15) is 5.75 Å². The van der Waals surface area contributed by atoms with Crippen LogP contribution >= 0.6 is 22.9 Å². The van der Waals surface area contributed by atoms with Crippen molar-refractivity contribution in [2.45, 2.75) is 0 Å². The Labute approximate surface area is 85.2 Å². The van der Waals surface area contributed by atoms with Crippen LogP contribution in [0.4, 0.5) is 0 Å². The van der Waals surface area contributed by atoms with Crippen molar-refractivity contribution in [1.29, 1.82) is 0 Å². The van der Waals surface area contributed by atoms with Crippen molar-refractivity contribution in [3.05, 3.63) is 40.7 Å². The lowest BCUT2D eigenvalue weighted by atomic mass is 10.2. The minimum absolute atomic E-state index is 0.293. The highest BCUT2D eigenvalue weighted by molar-refractivity contribution is 7.14. The van der Waals surface area contributed by atoms with Crippen LogP contribution in [0.25, 0.3) is 10.4 Å². The molecule has 2 rings (SSSR count). The van der Waals surface area contributed by atoms with E-state index in [4.69, 9.17) is 11.6 Å². The summed E-state index contributed by atoms with van der Waals surface area (Å²) in [6.07, 6.45) is 0. The zero-order valence-electron chi connectivity index (χ0n) is 6.70. The number of aromatic hydroxyl groups is 1. The van der Waals surface area contributed by atoms with Crippen LogP contribution < -0.4 is 0 Å². The molecule has 13 heavy (non-hydrogen) atoms. The molecule has 1 N–H and O–H groups in total. The second kappa shape index (κ2) is 3.40. The highest BCUT2D eigenvalue weighted by Crippen LogP contribution is 2.34. The molecule has 1 aromatic carbocycles. The van der Waals surface area contributed by atoms with Crippen LogP contribution in [0, 0.1) is 0 Å².